The minimum atomic E-state index is -1.37. The molecule has 3 aromatic rings. The summed E-state index contributed by atoms with van der Waals surface area (Å²) in [6.45, 7) is 2.93. The molecular weight excluding hydrogens is 520 g/mol. The molecule has 15 heteroatoms. The van der Waals surface area contributed by atoms with Crippen molar-refractivity contribution in [2.75, 3.05) is 38.1 Å². The van der Waals surface area contributed by atoms with E-state index in [1.807, 2.05) is 0 Å². The predicted octanol–water partition coefficient (Wildman–Crippen LogP) is -0.427. The number of aliphatic carboxylic acids is 1. The molecule has 1 aromatic carbocycles. The number of amides is 1. The van der Waals surface area contributed by atoms with Crippen LogP contribution < -0.4 is 21.1 Å². The second-order valence-corrected chi connectivity index (χ2v) is 9.36. The van der Waals surface area contributed by atoms with E-state index < -0.39 is 30.4 Å². The van der Waals surface area contributed by atoms with Crippen LogP contribution >= 0.6 is 11.6 Å². The Balaban J connectivity index is 1.31. The first-order valence-corrected chi connectivity index (χ1v) is 12.3. The average molecular weight is 547 g/mol. The summed E-state index contributed by atoms with van der Waals surface area (Å²) < 4.78 is 12.8. The number of imidazole rings is 1. The van der Waals surface area contributed by atoms with Crippen molar-refractivity contribution in [2.24, 2.45) is 5.73 Å². The van der Waals surface area contributed by atoms with Crippen LogP contribution in [0.25, 0.3) is 11.2 Å². The first-order chi connectivity index (χ1) is 18.3. The van der Waals surface area contributed by atoms with Gasteiger partial charge >= 0.3 is 5.97 Å². The smallest absolute Gasteiger partial charge is 0.334 e. The molecule has 2 aromatic heterocycles. The molecule has 0 radical (unpaired) electrons. The van der Waals surface area contributed by atoms with Crippen LogP contribution in [0.15, 0.2) is 30.9 Å². The van der Waals surface area contributed by atoms with Gasteiger partial charge < -0.3 is 41.0 Å². The molecule has 0 spiro atoms. The standard InChI is InChI=1S/C23H27ClN8O6/c24-13-1-2-14(37-9-15(33)31-5-3-26-4-6-31)12(7-13)8-27-20-17-21(29-10-28-20)32(11-30-17)22-18(34)16(25)19(38-22)23(35)36/h1-2,7,10-11,16,18-19,22,26,34H,3-6,8-9,25H2,(H,35,36)(H,27,28,29). The van der Waals surface area contributed by atoms with Crippen molar-refractivity contribution in [3.8, 4) is 5.75 Å². The Hall–Kier alpha value is -3.56. The SMILES string of the molecule is NC1C(C(=O)O)OC(n2cnc3c(NCc4cc(Cl)ccc4OCC(=O)N4CCNCC4)ncnc32)C1O. The van der Waals surface area contributed by atoms with E-state index in [-0.39, 0.29) is 19.1 Å². The maximum absolute atomic E-state index is 12.5. The zero-order valence-electron chi connectivity index (χ0n) is 20.2. The fourth-order valence-electron chi connectivity index (χ4n) is 4.46. The lowest BCUT2D eigenvalue weighted by Crippen LogP contribution is -2.47. The number of aliphatic hydroxyl groups excluding tert-OH is 1. The molecule has 4 heterocycles. The summed E-state index contributed by atoms with van der Waals surface area (Å²) in [5.41, 5.74) is 7.21. The highest BCUT2D eigenvalue weighted by molar-refractivity contribution is 6.30. The fourth-order valence-corrected chi connectivity index (χ4v) is 4.66. The van der Waals surface area contributed by atoms with Crippen molar-refractivity contribution < 1.29 is 29.3 Å². The second kappa shape index (κ2) is 11.0. The molecule has 4 atom stereocenters. The third kappa shape index (κ3) is 5.21. The Morgan fingerprint density at radius 1 is 1.26 bits per heavy atom. The van der Waals surface area contributed by atoms with E-state index in [2.05, 4.69) is 25.6 Å². The number of fused-ring (bicyclic) bond motifs is 1. The first-order valence-electron chi connectivity index (χ1n) is 12.0. The van der Waals surface area contributed by atoms with Crippen molar-refractivity contribution in [1.29, 1.82) is 0 Å². The quantitative estimate of drug-likeness (QED) is 0.245. The number of carboxylic acid groups (broad SMARTS) is 1. The average Bonchev–Trinajstić information content (AvgIpc) is 3.48. The van der Waals surface area contributed by atoms with Crippen LogP contribution in [0.4, 0.5) is 5.82 Å². The largest absolute Gasteiger partial charge is 0.483 e. The molecule has 0 bridgehead atoms. The van der Waals surface area contributed by atoms with E-state index in [1.165, 1.54) is 17.2 Å². The second-order valence-electron chi connectivity index (χ2n) is 8.92. The van der Waals surface area contributed by atoms with Gasteiger partial charge in [0.25, 0.3) is 5.91 Å². The number of ether oxygens (including phenoxy) is 2. The van der Waals surface area contributed by atoms with Gasteiger partial charge in [0.1, 0.15) is 18.2 Å². The summed E-state index contributed by atoms with van der Waals surface area (Å²) in [7, 11) is 0. The van der Waals surface area contributed by atoms with Gasteiger partial charge in [0.05, 0.1) is 12.4 Å². The van der Waals surface area contributed by atoms with E-state index in [0.717, 1.165) is 13.1 Å². The van der Waals surface area contributed by atoms with Crippen LogP contribution in [0, 0.1) is 0 Å². The van der Waals surface area contributed by atoms with Gasteiger partial charge in [0, 0.05) is 43.3 Å². The molecule has 202 valence electrons. The Labute approximate surface area is 221 Å². The van der Waals surface area contributed by atoms with Gasteiger partial charge in [0.15, 0.2) is 35.9 Å². The molecule has 0 saturated carbocycles. The molecular formula is C23H27ClN8O6. The summed E-state index contributed by atoms with van der Waals surface area (Å²) in [6.07, 6.45) is -1.05. The van der Waals surface area contributed by atoms with Crippen LogP contribution in [-0.2, 0) is 20.9 Å². The number of aliphatic hydroxyl groups is 1. The number of nitrogens with zero attached hydrogens (tertiary/aromatic N) is 5. The van der Waals surface area contributed by atoms with Crippen LogP contribution in [-0.4, -0.2) is 97.5 Å². The molecule has 6 N–H and O–H groups in total. The Morgan fingerprint density at radius 2 is 2.05 bits per heavy atom. The molecule has 2 aliphatic rings. The van der Waals surface area contributed by atoms with E-state index in [4.69, 9.17) is 26.8 Å². The minimum absolute atomic E-state index is 0.0930. The van der Waals surface area contributed by atoms with Crippen LogP contribution in [0.5, 0.6) is 5.75 Å². The predicted molar refractivity (Wildman–Crippen MR) is 135 cm³/mol. The van der Waals surface area contributed by atoms with E-state index in [9.17, 15) is 19.8 Å². The van der Waals surface area contributed by atoms with Crippen molar-refractivity contribution >= 4 is 40.5 Å². The van der Waals surface area contributed by atoms with Crippen molar-refractivity contribution in [1.82, 2.24) is 29.7 Å². The van der Waals surface area contributed by atoms with Crippen LogP contribution in [0.2, 0.25) is 5.02 Å². The van der Waals surface area contributed by atoms with E-state index >= 15 is 0 Å². The summed E-state index contributed by atoms with van der Waals surface area (Å²) >= 11 is 6.22. The number of rotatable bonds is 8. The fraction of sp³-hybridized carbons (Fsp3) is 0.435. The Kier molecular flexibility index (Phi) is 7.58. The number of hydrogen-bond acceptors (Lipinski definition) is 11. The topological polar surface area (TPSA) is 190 Å². The van der Waals surface area contributed by atoms with Crippen LogP contribution in [0.3, 0.4) is 0 Å². The number of anilines is 1. The lowest BCUT2D eigenvalue weighted by molar-refractivity contribution is -0.152. The van der Waals surface area contributed by atoms with Gasteiger partial charge in [-0.2, -0.15) is 0 Å². The summed E-state index contributed by atoms with van der Waals surface area (Å²) in [6, 6.07) is 4.00. The van der Waals surface area contributed by atoms with Gasteiger partial charge in [-0.25, -0.2) is 19.7 Å². The van der Waals surface area contributed by atoms with Gasteiger partial charge in [-0.3, -0.25) is 9.36 Å². The molecule has 4 unspecified atom stereocenters. The van der Waals surface area contributed by atoms with Crippen molar-refractivity contribution in [3.05, 3.63) is 41.4 Å². The zero-order chi connectivity index (χ0) is 26.8. The molecule has 2 saturated heterocycles. The van der Waals surface area contributed by atoms with Crippen molar-refractivity contribution in [2.45, 2.75) is 31.0 Å². The summed E-state index contributed by atoms with van der Waals surface area (Å²) in [4.78, 5) is 38.5. The summed E-state index contributed by atoms with van der Waals surface area (Å²) in [5, 5.41) is 26.7. The number of carboxylic acids is 1. The molecule has 2 fully saturated rings. The van der Waals surface area contributed by atoms with Gasteiger partial charge in [0.2, 0.25) is 0 Å². The number of aromatic nitrogens is 4. The number of nitrogens with two attached hydrogens (primary N) is 1. The lowest BCUT2D eigenvalue weighted by atomic mass is 10.1. The number of carbonyl (C=O) groups excluding carboxylic acids is 1. The van der Waals surface area contributed by atoms with Crippen molar-refractivity contribution in [3.63, 3.8) is 0 Å². The Morgan fingerprint density at radius 3 is 2.79 bits per heavy atom. The maximum atomic E-state index is 12.5. The number of carbonyl (C=O) groups is 2. The highest BCUT2D eigenvalue weighted by Gasteiger charge is 2.46. The normalized spacial score (nSPS) is 23.5. The molecule has 14 nitrogen and oxygen atoms in total. The molecule has 38 heavy (non-hydrogen) atoms. The number of benzene rings is 1. The van der Waals surface area contributed by atoms with Gasteiger partial charge in [-0.15, -0.1) is 0 Å². The monoisotopic (exact) mass is 546 g/mol. The van der Waals surface area contributed by atoms with Crippen LogP contribution in [0.1, 0.15) is 11.8 Å². The lowest BCUT2D eigenvalue weighted by Gasteiger charge is -2.27. The first kappa shape index (κ1) is 26.1. The summed E-state index contributed by atoms with van der Waals surface area (Å²) in [5.74, 6) is -0.486. The highest BCUT2D eigenvalue weighted by atomic mass is 35.5. The number of nitrogens with one attached hydrogen (secondary N) is 2. The minimum Gasteiger partial charge on any atom is -0.483 e. The maximum Gasteiger partial charge on any atom is 0.334 e. The third-order valence-electron chi connectivity index (χ3n) is 6.49. The van der Waals surface area contributed by atoms with Gasteiger partial charge in [-0.05, 0) is 18.2 Å². The number of hydrogen-bond donors (Lipinski definition) is 5. The molecule has 2 aliphatic heterocycles. The Bertz CT molecular complexity index is 1330. The van der Waals surface area contributed by atoms with E-state index in [0.29, 0.717) is 46.4 Å². The van der Waals surface area contributed by atoms with E-state index in [1.54, 1.807) is 23.1 Å². The number of piperazine rings is 1. The zero-order valence-corrected chi connectivity index (χ0v) is 20.9. The third-order valence-corrected chi connectivity index (χ3v) is 6.72. The molecule has 5 rings (SSSR count). The highest BCUT2D eigenvalue weighted by Crippen LogP contribution is 2.32. The molecule has 0 aliphatic carbocycles. The number of halogens is 1. The van der Waals surface area contributed by atoms with Gasteiger partial charge in [-0.1, -0.05) is 11.6 Å². The molecule has 1 amide bonds.